The fourth-order valence-electron chi connectivity index (χ4n) is 5.35. The Bertz CT molecular complexity index is 884. The Hall–Kier alpha value is -1.94. The van der Waals surface area contributed by atoms with Gasteiger partial charge >= 0.3 is 0 Å². The van der Waals surface area contributed by atoms with Crippen LogP contribution in [0.5, 0.6) is 0 Å². The van der Waals surface area contributed by atoms with Gasteiger partial charge < -0.3 is 15.5 Å². The molecule has 0 aromatic heterocycles. The second-order valence-electron chi connectivity index (χ2n) is 9.36. The summed E-state index contributed by atoms with van der Waals surface area (Å²) in [5.74, 6) is 0.961. The van der Waals surface area contributed by atoms with E-state index in [4.69, 9.17) is 4.99 Å². The van der Waals surface area contributed by atoms with Gasteiger partial charge in [0.05, 0.1) is 24.4 Å². The zero-order valence-electron chi connectivity index (χ0n) is 20.0. The number of hydrogen-bond donors (Lipinski definition) is 2. The number of benzene rings is 1. The fourth-order valence-corrected chi connectivity index (χ4v) is 5.35. The van der Waals surface area contributed by atoms with E-state index in [-0.39, 0.29) is 65.5 Å². The number of aliphatic imine (C=N–C) groups is 1. The van der Waals surface area contributed by atoms with Gasteiger partial charge in [-0.3, -0.25) is 19.5 Å². The van der Waals surface area contributed by atoms with Crippen LogP contribution in [-0.4, -0.2) is 67.8 Å². The molecule has 4 rings (SSSR count). The molecule has 33 heavy (non-hydrogen) atoms. The molecule has 180 valence electrons. The maximum absolute atomic E-state index is 12.9. The highest BCUT2D eigenvalue weighted by Gasteiger charge is 2.58. The zero-order chi connectivity index (χ0) is 22.8. The monoisotopic (exact) mass is 565 g/mol. The van der Waals surface area contributed by atoms with Crippen molar-refractivity contribution in [3.8, 4) is 0 Å². The van der Waals surface area contributed by atoms with Gasteiger partial charge in [-0.2, -0.15) is 0 Å². The minimum absolute atomic E-state index is 0. The molecule has 0 spiro atoms. The molecule has 2 N–H and O–H groups in total. The summed E-state index contributed by atoms with van der Waals surface area (Å²) in [6.45, 7) is 6.32. The van der Waals surface area contributed by atoms with Crippen LogP contribution in [0, 0.1) is 30.6 Å². The van der Waals surface area contributed by atoms with E-state index >= 15 is 0 Å². The van der Waals surface area contributed by atoms with E-state index < -0.39 is 0 Å². The predicted octanol–water partition coefficient (Wildman–Crippen LogP) is 2.58. The van der Waals surface area contributed by atoms with Gasteiger partial charge in [-0.15, -0.1) is 24.0 Å². The number of aryl methyl sites for hydroxylation is 1. The normalized spacial score (nSPS) is 26.6. The van der Waals surface area contributed by atoms with Crippen LogP contribution in [0.3, 0.4) is 0 Å². The number of rotatable bonds is 8. The third kappa shape index (κ3) is 5.26. The Balaban J connectivity index is 0.00000306. The van der Waals surface area contributed by atoms with E-state index in [1.807, 2.05) is 6.92 Å². The van der Waals surface area contributed by atoms with Gasteiger partial charge in [0.1, 0.15) is 0 Å². The number of guanidine groups is 1. The number of fused-ring (bicyclic) bond motifs is 5. The summed E-state index contributed by atoms with van der Waals surface area (Å²) < 4.78 is 0. The number of likely N-dealkylation sites (N-methyl/N-ethyl adjacent to an activating group) is 1. The van der Waals surface area contributed by atoms with Gasteiger partial charge in [-0.05, 0) is 51.8 Å². The summed E-state index contributed by atoms with van der Waals surface area (Å²) in [5.41, 5.74) is 2.46. The number of likely N-dealkylation sites (tertiary alicyclic amines) is 1. The van der Waals surface area contributed by atoms with E-state index in [9.17, 15) is 9.59 Å². The maximum atomic E-state index is 12.9. The van der Waals surface area contributed by atoms with Gasteiger partial charge in [0.2, 0.25) is 11.8 Å². The number of allylic oxidation sites excluding steroid dienone is 2. The van der Waals surface area contributed by atoms with Crippen LogP contribution in [0.25, 0.3) is 0 Å². The van der Waals surface area contributed by atoms with E-state index in [0.29, 0.717) is 25.6 Å². The fraction of sp³-hybridized carbons (Fsp3) is 0.560. The molecule has 8 heteroatoms. The van der Waals surface area contributed by atoms with E-state index in [2.05, 4.69) is 73.0 Å². The molecule has 5 unspecified atom stereocenters. The van der Waals surface area contributed by atoms with E-state index in [0.717, 1.165) is 13.0 Å². The lowest BCUT2D eigenvalue weighted by molar-refractivity contribution is -0.140. The van der Waals surface area contributed by atoms with Crippen molar-refractivity contribution in [1.29, 1.82) is 0 Å². The third-order valence-corrected chi connectivity index (χ3v) is 7.04. The second-order valence-corrected chi connectivity index (χ2v) is 9.36. The molecule has 2 amide bonds. The SMILES string of the molecule is CCNC(=NCC(c1ccc(C)cc1)N(C)C)NCCN1C(=O)C2C3C=CC(C3)C2C1=O.I. The topological polar surface area (TPSA) is 77.0 Å². The van der Waals surface area contributed by atoms with Crippen molar-refractivity contribution in [3.63, 3.8) is 0 Å². The molecule has 1 aliphatic heterocycles. The Morgan fingerprint density at radius 1 is 1.09 bits per heavy atom. The van der Waals surface area contributed by atoms with Gasteiger partial charge in [0, 0.05) is 19.6 Å². The van der Waals surface area contributed by atoms with Crippen LogP contribution in [0.4, 0.5) is 0 Å². The first kappa shape index (κ1) is 25.7. The van der Waals surface area contributed by atoms with Crippen molar-refractivity contribution < 1.29 is 9.59 Å². The van der Waals surface area contributed by atoms with Crippen molar-refractivity contribution in [2.75, 3.05) is 40.3 Å². The molecule has 3 aliphatic rings. The van der Waals surface area contributed by atoms with Gasteiger partial charge in [-0.25, -0.2) is 0 Å². The highest BCUT2D eigenvalue weighted by molar-refractivity contribution is 14.0. The number of carbonyl (C=O) groups excluding carboxylic acids is 2. The van der Waals surface area contributed by atoms with Crippen molar-refractivity contribution in [1.82, 2.24) is 20.4 Å². The molecule has 7 nitrogen and oxygen atoms in total. The largest absolute Gasteiger partial charge is 0.357 e. The van der Waals surface area contributed by atoms with Crippen molar-refractivity contribution in [3.05, 3.63) is 47.5 Å². The molecule has 1 heterocycles. The Labute approximate surface area is 214 Å². The van der Waals surface area contributed by atoms with Gasteiger partial charge in [0.25, 0.3) is 0 Å². The number of amides is 2. The highest BCUT2D eigenvalue weighted by Crippen LogP contribution is 2.52. The summed E-state index contributed by atoms with van der Waals surface area (Å²) in [4.78, 5) is 34.1. The van der Waals surface area contributed by atoms with Crippen molar-refractivity contribution in [2.24, 2.45) is 28.7 Å². The van der Waals surface area contributed by atoms with Gasteiger partial charge in [-0.1, -0.05) is 42.0 Å². The van der Waals surface area contributed by atoms with Crippen LogP contribution < -0.4 is 10.6 Å². The third-order valence-electron chi connectivity index (χ3n) is 7.04. The summed E-state index contributed by atoms with van der Waals surface area (Å²) in [6, 6.07) is 8.72. The van der Waals surface area contributed by atoms with Crippen LogP contribution in [0.1, 0.15) is 30.5 Å². The summed E-state index contributed by atoms with van der Waals surface area (Å²) in [5, 5.41) is 6.58. The first-order chi connectivity index (χ1) is 15.4. The number of halogens is 1. The number of nitrogens with zero attached hydrogens (tertiary/aromatic N) is 3. The first-order valence-corrected chi connectivity index (χ1v) is 11.7. The number of nitrogens with one attached hydrogen (secondary N) is 2. The molecule has 1 aromatic carbocycles. The van der Waals surface area contributed by atoms with E-state index in [1.54, 1.807) is 0 Å². The van der Waals surface area contributed by atoms with Crippen LogP contribution >= 0.6 is 24.0 Å². The second kappa shape index (κ2) is 11.0. The minimum Gasteiger partial charge on any atom is -0.357 e. The molecule has 2 aliphatic carbocycles. The number of imide groups is 1. The molecule has 1 saturated carbocycles. The standard InChI is InChI=1S/C25H35N5O2.HI/c1-5-26-25(28-15-20(29(3)4)17-8-6-16(2)7-9-17)27-12-13-30-23(31)21-18-10-11-19(14-18)22(21)24(30)32;/h6-11,18-22H,5,12-15H2,1-4H3,(H2,26,27,28);1H. The lowest BCUT2D eigenvalue weighted by Gasteiger charge is -2.24. The van der Waals surface area contributed by atoms with Crippen LogP contribution in [-0.2, 0) is 9.59 Å². The molecule has 2 bridgehead atoms. The quantitative estimate of drug-likeness (QED) is 0.167. The minimum atomic E-state index is -0.130. The molecule has 2 fully saturated rings. The van der Waals surface area contributed by atoms with Crippen LogP contribution in [0.2, 0.25) is 0 Å². The molecule has 0 radical (unpaired) electrons. The Kier molecular flexibility index (Phi) is 8.55. The molecule has 5 atom stereocenters. The van der Waals surface area contributed by atoms with Crippen molar-refractivity contribution in [2.45, 2.75) is 26.3 Å². The Morgan fingerprint density at radius 3 is 2.24 bits per heavy atom. The Morgan fingerprint density at radius 2 is 1.70 bits per heavy atom. The maximum Gasteiger partial charge on any atom is 0.233 e. The predicted molar refractivity (Wildman–Crippen MR) is 141 cm³/mol. The molecular formula is C25H36IN5O2. The highest BCUT2D eigenvalue weighted by atomic mass is 127. The van der Waals surface area contributed by atoms with Crippen molar-refractivity contribution >= 4 is 41.8 Å². The molecular weight excluding hydrogens is 529 g/mol. The zero-order valence-corrected chi connectivity index (χ0v) is 22.3. The summed E-state index contributed by atoms with van der Waals surface area (Å²) in [6.07, 6.45) is 5.22. The first-order valence-electron chi connectivity index (χ1n) is 11.7. The van der Waals surface area contributed by atoms with Crippen LogP contribution in [0.15, 0.2) is 41.4 Å². The lowest BCUT2D eigenvalue weighted by atomic mass is 9.85. The summed E-state index contributed by atoms with van der Waals surface area (Å²) in [7, 11) is 4.12. The smallest absolute Gasteiger partial charge is 0.233 e. The molecule has 1 saturated heterocycles. The van der Waals surface area contributed by atoms with Gasteiger partial charge in [0.15, 0.2) is 5.96 Å². The summed E-state index contributed by atoms with van der Waals surface area (Å²) >= 11 is 0. The lowest BCUT2D eigenvalue weighted by Crippen LogP contribution is -2.44. The van der Waals surface area contributed by atoms with E-state index in [1.165, 1.54) is 16.0 Å². The molecule has 1 aromatic rings. The average Bonchev–Trinajstić information content (AvgIpc) is 3.44. The average molecular weight is 566 g/mol. The number of carbonyl (C=O) groups is 2. The number of hydrogen-bond acceptors (Lipinski definition) is 4.